The van der Waals surface area contributed by atoms with Gasteiger partial charge in [0.2, 0.25) is 5.91 Å². The van der Waals surface area contributed by atoms with E-state index in [1.807, 2.05) is 13.0 Å². The Kier molecular flexibility index (Phi) is 6.55. The van der Waals surface area contributed by atoms with Crippen molar-refractivity contribution in [3.8, 4) is 5.69 Å². The molecule has 146 valence electrons. The minimum Gasteiger partial charge on any atom is -0.356 e. The number of halogens is 2. The molecule has 1 unspecified atom stereocenters. The molecule has 0 radical (unpaired) electrons. The summed E-state index contributed by atoms with van der Waals surface area (Å²) in [6.07, 6.45) is 5.32. The van der Waals surface area contributed by atoms with E-state index in [-0.39, 0.29) is 11.6 Å². The van der Waals surface area contributed by atoms with Gasteiger partial charge in [0.25, 0.3) is 0 Å². The van der Waals surface area contributed by atoms with Gasteiger partial charge in [0.1, 0.15) is 11.5 Å². The minimum atomic E-state index is -0.634. The third-order valence-corrected chi connectivity index (χ3v) is 4.85. The van der Waals surface area contributed by atoms with E-state index in [9.17, 15) is 13.6 Å². The minimum absolute atomic E-state index is 0.120. The quantitative estimate of drug-likeness (QED) is 0.807. The Morgan fingerprint density at radius 1 is 1.33 bits per heavy atom. The summed E-state index contributed by atoms with van der Waals surface area (Å²) in [5, 5.41) is 7.45. The molecule has 1 fully saturated rings. The van der Waals surface area contributed by atoms with Crippen molar-refractivity contribution < 1.29 is 13.6 Å². The fourth-order valence-corrected chi connectivity index (χ4v) is 3.51. The standard InChI is InChI=1S/C20H26F2N4O/c1-2-4-20(27)23-12-15-5-3-9-25(13-15)14-17-8-10-26(24-17)19-7-6-16(21)11-18(19)22/h6-8,10-11,15H,2-5,9,12-14H2,1H3,(H,23,27). The molecule has 3 rings (SSSR count). The Hall–Kier alpha value is -2.28. The molecular weight excluding hydrogens is 350 g/mol. The van der Waals surface area contributed by atoms with E-state index < -0.39 is 11.6 Å². The number of rotatable bonds is 7. The largest absolute Gasteiger partial charge is 0.356 e. The zero-order chi connectivity index (χ0) is 19.2. The highest BCUT2D eigenvalue weighted by Gasteiger charge is 2.21. The van der Waals surface area contributed by atoms with E-state index >= 15 is 0 Å². The van der Waals surface area contributed by atoms with Gasteiger partial charge >= 0.3 is 0 Å². The fraction of sp³-hybridized carbons (Fsp3) is 0.500. The first-order chi connectivity index (χ1) is 13.0. The Morgan fingerprint density at radius 3 is 2.96 bits per heavy atom. The van der Waals surface area contributed by atoms with Crippen LogP contribution in [0.4, 0.5) is 8.78 Å². The number of aromatic nitrogens is 2. The lowest BCUT2D eigenvalue weighted by Gasteiger charge is -2.32. The second-order valence-electron chi connectivity index (χ2n) is 7.14. The Labute approximate surface area is 158 Å². The lowest BCUT2D eigenvalue weighted by molar-refractivity contribution is -0.121. The van der Waals surface area contributed by atoms with Crippen molar-refractivity contribution in [2.24, 2.45) is 5.92 Å². The van der Waals surface area contributed by atoms with Gasteiger partial charge in [-0.2, -0.15) is 5.10 Å². The zero-order valence-corrected chi connectivity index (χ0v) is 15.6. The third kappa shape index (κ3) is 5.35. The smallest absolute Gasteiger partial charge is 0.219 e. The van der Waals surface area contributed by atoms with Crippen molar-refractivity contribution >= 4 is 5.91 Å². The van der Waals surface area contributed by atoms with E-state index in [1.54, 1.807) is 6.20 Å². The Bertz CT molecular complexity index is 777. The van der Waals surface area contributed by atoms with Gasteiger partial charge in [-0.05, 0) is 49.9 Å². The van der Waals surface area contributed by atoms with Crippen molar-refractivity contribution in [1.29, 1.82) is 0 Å². The van der Waals surface area contributed by atoms with Crippen LogP contribution in [0.25, 0.3) is 5.69 Å². The van der Waals surface area contributed by atoms with Crippen LogP contribution >= 0.6 is 0 Å². The number of nitrogens with one attached hydrogen (secondary N) is 1. The number of carbonyl (C=O) groups excluding carboxylic acids is 1. The summed E-state index contributed by atoms with van der Waals surface area (Å²) in [5.41, 5.74) is 1.08. The van der Waals surface area contributed by atoms with Crippen molar-refractivity contribution in [1.82, 2.24) is 20.0 Å². The van der Waals surface area contributed by atoms with Gasteiger partial charge in [-0.25, -0.2) is 13.5 Å². The van der Waals surface area contributed by atoms with Crippen LogP contribution in [0, 0.1) is 17.6 Å². The van der Waals surface area contributed by atoms with Gasteiger partial charge in [0.05, 0.1) is 5.69 Å². The molecular formula is C20H26F2N4O. The number of benzene rings is 1. The molecule has 1 N–H and O–H groups in total. The molecule has 1 amide bonds. The second kappa shape index (κ2) is 9.08. The first-order valence-corrected chi connectivity index (χ1v) is 9.54. The van der Waals surface area contributed by atoms with Gasteiger partial charge in [-0.15, -0.1) is 0 Å². The van der Waals surface area contributed by atoms with Crippen LogP contribution in [0.2, 0.25) is 0 Å². The molecule has 7 heteroatoms. The molecule has 1 aliphatic heterocycles. The molecule has 1 saturated heterocycles. The van der Waals surface area contributed by atoms with E-state index in [0.29, 0.717) is 25.4 Å². The zero-order valence-electron chi connectivity index (χ0n) is 15.6. The van der Waals surface area contributed by atoms with Gasteiger partial charge in [0.15, 0.2) is 5.82 Å². The number of amides is 1. The SMILES string of the molecule is CCCC(=O)NCC1CCCN(Cc2ccn(-c3ccc(F)cc3F)n2)C1. The summed E-state index contributed by atoms with van der Waals surface area (Å²) in [6, 6.07) is 5.33. The molecule has 1 aromatic heterocycles. The molecule has 0 spiro atoms. The van der Waals surface area contributed by atoms with Crippen LogP contribution in [-0.4, -0.2) is 40.2 Å². The average molecular weight is 376 g/mol. The summed E-state index contributed by atoms with van der Waals surface area (Å²) in [7, 11) is 0. The summed E-state index contributed by atoms with van der Waals surface area (Å²) in [6.45, 7) is 5.28. The molecule has 1 atom stereocenters. The number of hydrogen-bond donors (Lipinski definition) is 1. The second-order valence-corrected chi connectivity index (χ2v) is 7.14. The fourth-order valence-electron chi connectivity index (χ4n) is 3.51. The first kappa shape index (κ1) is 19.5. The number of hydrogen-bond acceptors (Lipinski definition) is 3. The highest BCUT2D eigenvalue weighted by Crippen LogP contribution is 2.19. The lowest BCUT2D eigenvalue weighted by atomic mass is 9.98. The summed E-state index contributed by atoms with van der Waals surface area (Å²) in [4.78, 5) is 14.0. The molecule has 1 aliphatic rings. The van der Waals surface area contributed by atoms with Gasteiger partial charge < -0.3 is 5.32 Å². The van der Waals surface area contributed by atoms with Crippen molar-refractivity contribution in [2.75, 3.05) is 19.6 Å². The van der Waals surface area contributed by atoms with Crippen molar-refractivity contribution in [3.63, 3.8) is 0 Å². The monoisotopic (exact) mass is 376 g/mol. The maximum absolute atomic E-state index is 13.9. The highest BCUT2D eigenvalue weighted by atomic mass is 19.1. The average Bonchev–Trinajstić information content (AvgIpc) is 3.09. The molecule has 0 aliphatic carbocycles. The summed E-state index contributed by atoms with van der Waals surface area (Å²) in [5.74, 6) is -0.676. The third-order valence-electron chi connectivity index (χ3n) is 4.85. The molecule has 0 bridgehead atoms. The van der Waals surface area contributed by atoms with Crippen LogP contribution in [0.1, 0.15) is 38.3 Å². The normalized spacial score (nSPS) is 17.8. The summed E-state index contributed by atoms with van der Waals surface area (Å²) >= 11 is 0. The molecule has 2 aromatic rings. The number of piperidine rings is 1. The topological polar surface area (TPSA) is 50.2 Å². The Morgan fingerprint density at radius 2 is 2.19 bits per heavy atom. The molecule has 5 nitrogen and oxygen atoms in total. The number of likely N-dealkylation sites (tertiary alicyclic amines) is 1. The van der Waals surface area contributed by atoms with Crippen molar-refractivity contribution in [2.45, 2.75) is 39.2 Å². The van der Waals surface area contributed by atoms with Crippen molar-refractivity contribution in [3.05, 3.63) is 47.8 Å². The van der Waals surface area contributed by atoms with Crippen LogP contribution in [0.15, 0.2) is 30.5 Å². The first-order valence-electron chi connectivity index (χ1n) is 9.54. The van der Waals surface area contributed by atoms with Gasteiger partial charge in [-0.3, -0.25) is 9.69 Å². The maximum Gasteiger partial charge on any atom is 0.219 e. The highest BCUT2D eigenvalue weighted by molar-refractivity contribution is 5.75. The number of nitrogens with zero attached hydrogens (tertiary/aromatic N) is 3. The molecule has 0 saturated carbocycles. The summed E-state index contributed by atoms with van der Waals surface area (Å²) < 4.78 is 28.4. The lowest BCUT2D eigenvalue weighted by Crippen LogP contribution is -2.40. The van der Waals surface area contributed by atoms with E-state index in [0.717, 1.165) is 44.1 Å². The molecule has 2 heterocycles. The Balaban J connectivity index is 1.56. The van der Waals surface area contributed by atoms with Crippen LogP contribution in [0.5, 0.6) is 0 Å². The van der Waals surface area contributed by atoms with E-state index in [2.05, 4.69) is 15.3 Å². The molecule has 1 aromatic carbocycles. The molecule has 27 heavy (non-hydrogen) atoms. The maximum atomic E-state index is 13.9. The van der Waals surface area contributed by atoms with Gasteiger partial charge in [0, 0.05) is 38.3 Å². The van der Waals surface area contributed by atoms with Crippen LogP contribution < -0.4 is 5.32 Å². The predicted molar refractivity (Wildman–Crippen MR) is 99.4 cm³/mol. The van der Waals surface area contributed by atoms with E-state index in [4.69, 9.17) is 0 Å². The predicted octanol–water partition coefficient (Wildman–Crippen LogP) is 3.28. The number of carbonyl (C=O) groups is 1. The van der Waals surface area contributed by atoms with Gasteiger partial charge in [-0.1, -0.05) is 6.92 Å². The van der Waals surface area contributed by atoms with Crippen LogP contribution in [-0.2, 0) is 11.3 Å². The van der Waals surface area contributed by atoms with Crippen LogP contribution in [0.3, 0.4) is 0 Å². The van der Waals surface area contributed by atoms with E-state index in [1.165, 1.54) is 16.8 Å².